The lowest BCUT2D eigenvalue weighted by molar-refractivity contribution is 0.0587. The van der Waals surface area contributed by atoms with Gasteiger partial charge in [0.15, 0.2) is 9.84 Å². The number of nitrogens with zero attached hydrogens (tertiary/aromatic N) is 2. The maximum absolute atomic E-state index is 12.8. The summed E-state index contributed by atoms with van der Waals surface area (Å²) in [6.07, 6.45) is 2.36. The molecule has 0 aliphatic carbocycles. The number of sulfonamides is 1. The van der Waals surface area contributed by atoms with E-state index in [4.69, 9.17) is 4.74 Å². The van der Waals surface area contributed by atoms with Crippen LogP contribution in [0.5, 0.6) is 0 Å². The second-order valence-corrected chi connectivity index (χ2v) is 12.4. The zero-order valence-electron chi connectivity index (χ0n) is 17.4. The number of amides is 1. The largest absolute Gasteiger partial charge is 0.377 e. The highest BCUT2D eigenvalue weighted by Crippen LogP contribution is 2.20. The van der Waals surface area contributed by atoms with E-state index >= 15 is 0 Å². The molecule has 1 N–H and O–H groups in total. The number of hydrogen-bond donors (Lipinski definition) is 1. The van der Waals surface area contributed by atoms with Crippen LogP contribution < -0.4 is 4.72 Å². The van der Waals surface area contributed by atoms with Crippen LogP contribution in [0.4, 0.5) is 0 Å². The van der Waals surface area contributed by atoms with Gasteiger partial charge in [0.05, 0.1) is 22.5 Å². The molecule has 4 rings (SSSR count). The first-order valence-electron chi connectivity index (χ1n) is 10.7. The van der Waals surface area contributed by atoms with Crippen LogP contribution in [-0.2, 0) is 24.6 Å². The molecule has 3 aliphatic heterocycles. The van der Waals surface area contributed by atoms with Gasteiger partial charge in [-0.3, -0.25) is 9.69 Å². The van der Waals surface area contributed by atoms with Gasteiger partial charge < -0.3 is 9.64 Å². The average Bonchev–Trinajstić information content (AvgIpc) is 3.41. The van der Waals surface area contributed by atoms with Crippen LogP contribution in [0, 0.1) is 0 Å². The van der Waals surface area contributed by atoms with Crippen LogP contribution in [0.1, 0.15) is 29.6 Å². The summed E-state index contributed by atoms with van der Waals surface area (Å²) < 4.78 is 56.4. The fourth-order valence-electron chi connectivity index (χ4n) is 4.40. The predicted molar refractivity (Wildman–Crippen MR) is 115 cm³/mol. The van der Waals surface area contributed by atoms with E-state index in [2.05, 4.69) is 9.62 Å². The SMILES string of the molecule is O=C(c1ccc(S(=O)(=O)NC[C@@H]2CCCO2)cc1)N1CCN([C@H]2CCS(=O)(=O)C2)CC1. The van der Waals surface area contributed by atoms with E-state index in [1.165, 1.54) is 12.1 Å². The Morgan fingerprint density at radius 3 is 2.39 bits per heavy atom. The smallest absolute Gasteiger partial charge is 0.253 e. The Balaban J connectivity index is 1.31. The van der Waals surface area contributed by atoms with Crippen LogP contribution in [0.25, 0.3) is 0 Å². The number of piperazine rings is 1. The molecule has 31 heavy (non-hydrogen) atoms. The number of sulfone groups is 1. The van der Waals surface area contributed by atoms with E-state index in [0.29, 0.717) is 44.8 Å². The highest BCUT2D eigenvalue weighted by atomic mass is 32.2. The molecule has 0 radical (unpaired) electrons. The van der Waals surface area contributed by atoms with Crippen molar-refractivity contribution in [1.29, 1.82) is 0 Å². The maximum atomic E-state index is 12.8. The molecule has 2 atom stereocenters. The number of benzene rings is 1. The summed E-state index contributed by atoms with van der Waals surface area (Å²) in [5.74, 6) is 0.307. The summed E-state index contributed by atoms with van der Waals surface area (Å²) in [7, 11) is -6.58. The molecule has 172 valence electrons. The number of carbonyl (C=O) groups excluding carboxylic acids is 1. The fourth-order valence-corrected chi connectivity index (χ4v) is 7.23. The Morgan fingerprint density at radius 2 is 1.81 bits per heavy atom. The van der Waals surface area contributed by atoms with E-state index in [1.54, 1.807) is 17.0 Å². The summed E-state index contributed by atoms with van der Waals surface area (Å²) in [5.41, 5.74) is 0.440. The quantitative estimate of drug-likeness (QED) is 0.626. The molecule has 0 bridgehead atoms. The minimum absolute atomic E-state index is 0.0499. The van der Waals surface area contributed by atoms with Gasteiger partial charge >= 0.3 is 0 Å². The molecule has 3 heterocycles. The topological polar surface area (TPSA) is 113 Å². The highest BCUT2D eigenvalue weighted by molar-refractivity contribution is 7.91. The third-order valence-corrected chi connectivity index (χ3v) is 9.45. The van der Waals surface area contributed by atoms with Crippen molar-refractivity contribution in [3.8, 4) is 0 Å². The molecule has 11 heteroatoms. The fraction of sp³-hybridized carbons (Fsp3) is 0.650. The molecule has 3 saturated heterocycles. The zero-order chi connectivity index (χ0) is 22.1. The van der Waals surface area contributed by atoms with Crippen molar-refractivity contribution in [2.24, 2.45) is 0 Å². The van der Waals surface area contributed by atoms with Crippen molar-refractivity contribution in [2.75, 3.05) is 50.8 Å². The van der Waals surface area contributed by atoms with Gasteiger partial charge in [0.25, 0.3) is 5.91 Å². The first-order valence-corrected chi connectivity index (χ1v) is 14.0. The number of nitrogens with one attached hydrogen (secondary N) is 1. The molecule has 0 spiro atoms. The molecule has 9 nitrogen and oxygen atoms in total. The first-order chi connectivity index (χ1) is 14.7. The van der Waals surface area contributed by atoms with E-state index in [9.17, 15) is 21.6 Å². The van der Waals surface area contributed by atoms with Crippen LogP contribution in [0.2, 0.25) is 0 Å². The molecular weight excluding hydrogens is 442 g/mol. The second kappa shape index (κ2) is 9.14. The Labute approximate surface area is 183 Å². The molecule has 1 aromatic carbocycles. The number of rotatable bonds is 6. The Kier molecular flexibility index (Phi) is 6.68. The molecule has 3 aliphatic rings. The molecule has 3 fully saturated rings. The van der Waals surface area contributed by atoms with Crippen molar-refractivity contribution in [1.82, 2.24) is 14.5 Å². The standard InChI is InChI=1S/C20H29N3O6S2/c24-20(23-10-8-22(9-11-23)17-7-13-30(25,26)15-17)16-3-5-19(6-4-16)31(27,28)21-14-18-2-1-12-29-18/h3-6,17-18,21H,1-2,7-15H2/t17-,18-/m0/s1. The lowest BCUT2D eigenvalue weighted by Crippen LogP contribution is -2.52. The molecular formula is C20H29N3O6S2. The summed E-state index contributed by atoms with van der Waals surface area (Å²) in [6.45, 7) is 3.25. The third kappa shape index (κ3) is 5.46. The molecule has 1 aromatic rings. The third-order valence-electron chi connectivity index (χ3n) is 6.26. The van der Waals surface area contributed by atoms with Gasteiger partial charge in [0, 0.05) is 50.9 Å². The number of ether oxygens (including phenoxy) is 1. The van der Waals surface area contributed by atoms with Gasteiger partial charge in [-0.25, -0.2) is 21.6 Å². The van der Waals surface area contributed by atoms with Gasteiger partial charge in [-0.2, -0.15) is 0 Å². The molecule has 1 amide bonds. The Morgan fingerprint density at radius 1 is 1.10 bits per heavy atom. The van der Waals surface area contributed by atoms with Gasteiger partial charge in [0.1, 0.15) is 0 Å². The first kappa shape index (κ1) is 22.7. The number of hydrogen-bond acceptors (Lipinski definition) is 7. The van der Waals surface area contributed by atoms with Crippen molar-refractivity contribution >= 4 is 25.8 Å². The van der Waals surface area contributed by atoms with E-state index in [0.717, 1.165) is 12.8 Å². The van der Waals surface area contributed by atoms with Crippen LogP contribution in [0.3, 0.4) is 0 Å². The van der Waals surface area contributed by atoms with E-state index in [-0.39, 0.29) is 41.0 Å². The van der Waals surface area contributed by atoms with Gasteiger partial charge in [0.2, 0.25) is 10.0 Å². The summed E-state index contributed by atoms with van der Waals surface area (Å²) in [5, 5.41) is 0. The van der Waals surface area contributed by atoms with Gasteiger partial charge in [-0.15, -0.1) is 0 Å². The van der Waals surface area contributed by atoms with Crippen LogP contribution in [-0.4, -0.2) is 95.5 Å². The summed E-state index contributed by atoms with van der Waals surface area (Å²) in [4.78, 5) is 16.8. The maximum Gasteiger partial charge on any atom is 0.253 e. The molecule has 0 aromatic heterocycles. The summed E-state index contributed by atoms with van der Waals surface area (Å²) >= 11 is 0. The molecule has 0 saturated carbocycles. The van der Waals surface area contributed by atoms with Crippen molar-refractivity contribution in [2.45, 2.75) is 36.3 Å². The molecule has 0 unspecified atom stereocenters. The van der Waals surface area contributed by atoms with Crippen molar-refractivity contribution in [3.63, 3.8) is 0 Å². The van der Waals surface area contributed by atoms with Gasteiger partial charge in [-0.1, -0.05) is 0 Å². The monoisotopic (exact) mass is 471 g/mol. The van der Waals surface area contributed by atoms with E-state index < -0.39 is 19.9 Å². The normalized spacial score (nSPS) is 26.9. The highest BCUT2D eigenvalue weighted by Gasteiger charge is 2.34. The van der Waals surface area contributed by atoms with Crippen molar-refractivity contribution in [3.05, 3.63) is 29.8 Å². The average molecular weight is 472 g/mol. The van der Waals surface area contributed by atoms with Gasteiger partial charge in [-0.05, 0) is 43.5 Å². The van der Waals surface area contributed by atoms with Crippen LogP contribution >= 0.6 is 0 Å². The lowest BCUT2D eigenvalue weighted by atomic mass is 10.1. The number of carbonyl (C=O) groups is 1. The lowest BCUT2D eigenvalue weighted by Gasteiger charge is -2.37. The second-order valence-electron chi connectivity index (χ2n) is 8.40. The van der Waals surface area contributed by atoms with Crippen molar-refractivity contribution < 1.29 is 26.4 Å². The predicted octanol–water partition coefficient (Wildman–Crippen LogP) is 0.0888. The van der Waals surface area contributed by atoms with E-state index in [1.807, 2.05) is 0 Å². The minimum atomic E-state index is -3.65. The Hall–Kier alpha value is -1.53. The minimum Gasteiger partial charge on any atom is -0.377 e. The summed E-state index contributed by atoms with van der Waals surface area (Å²) in [6, 6.07) is 6.03. The van der Waals surface area contributed by atoms with Crippen LogP contribution in [0.15, 0.2) is 29.2 Å². The zero-order valence-corrected chi connectivity index (χ0v) is 19.0. The Bertz CT molecular complexity index is 996.